The van der Waals surface area contributed by atoms with Crippen molar-refractivity contribution in [3.05, 3.63) is 29.3 Å². The van der Waals surface area contributed by atoms with Crippen molar-refractivity contribution in [1.29, 1.82) is 0 Å². The largest absolute Gasteiger partial charge is 0.394 e. The van der Waals surface area contributed by atoms with Gasteiger partial charge in [0, 0.05) is 0 Å². The third-order valence-electron chi connectivity index (χ3n) is 2.01. The minimum absolute atomic E-state index is 0.184. The first-order valence-electron chi connectivity index (χ1n) is 4.11. The van der Waals surface area contributed by atoms with Gasteiger partial charge in [0.1, 0.15) is 17.3 Å². The Morgan fingerprint density at radius 2 is 1.71 bits per heavy atom. The van der Waals surface area contributed by atoms with Crippen LogP contribution in [0, 0.1) is 11.6 Å². The van der Waals surface area contributed by atoms with Gasteiger partial charge >= 0.3 is 0 Å². The predicted molar refractivity (Wildman–Crippen MR) is 49.4 cm³/mol. The van der Waals surface area contributed by atoms with Crippen molar-refractivity contribution in [2.45, 2.75) is 19.1 Å². The lowest BCUT2D eigenvalue weighted by Gasteiger charge is -2.15. The molecule has 0 saturated heterocycles. The Morgan fingerprint density at radius 3 is 2.07 bits per heavy atom. The summed E-state index contributed by atoms with van der Waals surface area (Å²) in [5.41, 5.74) is 10.2. The smallest absolute Gasteiger partial charge is 0.149 e. The van der Waals surface area contributed by atoms with E-state index >= 15 is 0 Å². The van der Waals surface area contributed by atoms with Crippen LogP contribution < -0.4 is 11.5 Å². The molecule has 78 valence electrons. The molecule has 1 aromatic carbocycles. The van der Waals surface area contributed by atoms with E-state index in [2.05, 4.69) is 0 Å². The van der Waals surface area contributed by atoms with E-state index in [0.717, 1.165) is 12.1 Å². The van der Waals surface area contributed by atoms with Crippen LogP contribution in [0.15, 0.2) is 12.1 Å². The summed E-state index contributed by atoms with van der Waals surface area (Å²) < 4.78 is 25.9. The minimum Gasteiger partial charge on any atom is -0.394 e. The summed E-state index contributed by atoms with van der Waals surface area (Å²) in [7, 11) is 0. The van der Waals surface area contributed by atoms with E-state index in [9.17, 15) is 8.78 Å². The van der Waals surface area contributed by atoms with E-state index < -0.39 is 29.5 Å². The van der Waals surface area contributed by atoms with Crippen molar-refractivity contribution in [1.82, 2.24) is 0 Å². The van der Waals surface area contributed by atoms with Crippen LogP contribution in [0.5, 0.6) is 0 Å². The molecule has 0 saturated carbocycles. The summed E-state index contributed by atoms with van der Waals surface area (Å²) in [6, 6.07) is 1.23. The van der Waals surface area contributed by atoms with Gasteiger partial charge in [0.25, 0.3) is 0 Å². The van der Waals surface area contributed by atoms with Crippen LogP contribution in [0.4, 0.5) is 14.5 Å². The molecule has 14 heavy (non-hydrogen) atoms. The monoisotopic (exact) mass is 202 g/mol. The normalized spacial score (nSPS) is 15.2. The number of hydrogen-bond acceptors (Lipinski definition) is 3. The fourth-order valence-electron chi connectivity index (χ4n) is 1.07. The van der Waals surface area contributed by atoms with E-state index in [1.54, 1.807) is 0 Å². The fourth-order valence-corrected chi connectivity index (χ4v) is 1.07. The molecule has 0 aliphatic carbocycles. The van der Waals surface area contributed by atoms with E-state index in [1.165, 1.54) is 6.92 Å². The molecule has 0 aromatic heterocycles. The van der Waals surface area contributed by atoms with Crippen LogP contribution in [0.25, 0.3) is 0 Å². The van der Waals surface area contributed by atoms with E-state index in [-0.39, 0.29) is 5.56 Å². The van der Waals surface area contributed by atoms with E-state index in [4.69, 9.17) is 16.6 Å². The van der Waals surface area contributed by atoms with Crippen LogP contribution in [0.2, 0.25) is 0 Å². The van der Waals surface area contributed by atoms with Crippen molar-refractivity contribution in [3.8, 4) is 0 Å². The number of hydrogen-bond donors (Lipinski definition) is 3. The number of nitrogens with two attached hydrogens (primary N) is 2. The van der Waals surface area contributed by atoms with Crippen molar-refractivity contribution >= 4 is 5.69 Å². The highest BCUT2D eigenvalue weighted by Crippen LogP contribution is 2.22. The van der Waals surface area contributed by atoms with E-state index in [1.807, 2.05) is 0 Å². The molecule has 0 aliphatic rings. The van der Waals surface area contributed by atoms with Gasteiger partial charge in [0.15, 0.2) is 0 Å². The van der Waals surface area contributed by atoms with Gasteiger partial charge < -0.3 is 16.6 Å². The molecular formula is C9H12F2N2O. The van der Waals surface area contributed by atoms with Gasteiger partial charge in [0.2, 0.25) is 0 Å². The molecule has 0 spiro atoms. The summed E-state index contributed by atoms with van der Waals surface area (Å²) in [6.07, 6.45) is -0.877. The van der Waals surface area contributed by atoms with Crippen LogP contribution in [-0.4, -0.2) is 11.2 Å². The average Bonchev–Trinajstić information content (AvgIpc) is 2.12. The zero-order valence-electron chi connectivity index (χ0n) is 7.67. The number of halogens is 2. The van der Waals surface area contributed by atoms with Crippen molar-refractivity contribution in [3.63, 3.8) is 0 Å². The quantitative estimate of drug-likeness (QED) is 0.624. The second-order valence-corrected chi connectivity index (χ2v) is 3.16. The van der Waals surface area contributed by atoms with E-state index in [0.29, 0.717) is 0 Å². The van der Waals surface area contributed by atoms with Gasteiger partial charge in [-0.1, -0.05) is 0 Å². The van der Waals surface area contributed by atoms with Crippen LogP contribution >= 0.6 is 0 Å². The zero-order valence-corrected chi connectivity index (χ0v) is 7.67. The van der Waals surface area contributed by atoms with Crippen molar-refractivity contribution < 1.29 is 13.9 Å². The lowest BCUT2D eigenvalue weighted by atomic mass is 10.0. The summed E-state index contributed by atoms with van der Waals surface area (Å²) in [4.78, 5) is 0. The number of anilines is 1. The topological polar surface area (TPSA) is 72.3 Å². The Labute approximate surface area is 80.3 Å². The summed E-state index contributed by atoms with van der Waals surface area (Å²) >= 11 is 0. The van der Waals surface area contributed by atoms with Gasteiger partial charge in [-0.05, 0) is 24.6 Å². The molecule has 1 aromatic rings. The molecule has 0 amide bonds. The standard InChI is InChI=1S/C9H12F2N2O/c1-4(14)8(12)5-2-6(10)9(13)7(11)3-5/h2-4,8,14H,12-13H2,1H3/t4-,8+/m1/s1. The fraction of sp³-hybridized carbons (Fsp3) is 0.333. The third-order valence-corrected chi connectivity index (χ3v) is 2.01. The highest BCUT2D eigenvalue weighted by molar-refractivity contribution is 5.44. The average molecular weight is 202 g/mol. The lowest BCUT2D eigenvalue weighted by molar-refractivity contribution is 0.164. The molecule has 0 bridgehead atoms. The first-order chi connectivity index (χ1) is 6.43. The number of benzene rings is 1. The summed E-state index contributed by atoms with van der Waals surface area (Å²) in [5.74, 6) is -1.73. The third kappa shape index (κ3) is 2.00. The SMILES string of the molecule is C[C@@H](O)[C@H](N)c1cc(F)c(N)c(F)c1. The Balaban J connectivity index is 3.12. The predicted octanol–water partition coefficient (Wildman–Crippen LogP) is 0.928. The van der Waals surface area contributed by atoms with Gasteiger partial charge in [-0.25, -0.2) is 8.78 Å². The molecule has 5 heteroatoms. The zero-order chi connectivity index (χ0) is 10.9. The van der Waals surface area contributed by atoms with Crippen LogP contribution in [0.1, 0.15) is 18.5 Å². The lowest BCUT2D eigenvalue weighted by Crippen LogP contribution is -2.23. The highest BCUT2D eigenvalue weighted by atomic mass is 19.1. The molecule has 0 fully saturated rings. The molecule has 0 radical (unpaired) electrons. The summed E-state index contributed by atoms with van der Waals surface area (Å²) in [5, 5.41) is 9.12. The van der Waals surface area contributed by atoms with Gasteiger partial charge in [-0.2, -0.15) is 0 Å². The van der Waals surface area contributed by atoms with Gasteiger partial charge in [0.05, 0.1) is 12.1 Å². The Morgan fingerprint density at radius 1 is 1.29 bits per heavy atom. The maximum atomic E-state index is 13.0. The molecule has 0 heterocycles. The first kappa shape index (κ1) is 10.9. The minimum atomic E-state index is -0.877. The molecule has 0 aliphatic heterocycles. The molecule has 1 rings (SSSR count). The molecule has 3 nitrogen and oxygen atoms in total. The Bertz CT molecular complexity index is 319. The Kier molecular flexibility index (Phi) is 3.03. The van der Waals surface area contributed by atoms with Crippen LogP contribution in [-0.2, 0) is 0 Å². The number of aliphatic hydroxyl groups excluding tert-OH is 1. The number of nitrogen functional groups attached to an aromatic ring is 1. The second kappa shape index (κ2) is 3.89. The molecule has 2 atom stereocenters. The first-order valence-corrected chi connectivity index (χ1v) is 4.11. The molecule has 5 N–H and O–H groups in total. The number of aliphatic hydroxyl groups is 1. The molecular weight excluding hydrogens is 190 g/mol. The van der Waals surface area contributed by atoms with Crippen molar-refractivity contribution in [2.24, 2.45) is 5.73 Å². The maximum absolute atomic E-state index is 13.0. The highest BCUT2D eigenvalue weighted by Gasteiger charge is 2.16. The number of rotatable bonds is 2. The Hall–Kier alpha value is -1.20. The maximum Gasteiger partial charge on any atom is 0.149 e. The molecule has 0 unspecified atom stereocenters. The van der Waals surface area contributed by atoms with Gasteiger partial charge in [-0.15, -0.1) is 0 Å². The second-order valence-electron chi connectivity index (χ2n) is 3.16. The van der Waals surface area contributed by atoms with Gasteiger partial charge in [-0.3, -0.25) is 0 Å². The summed E-state index contributed by atoms with van der Waals surface area (Å²) in [6.45, 7) is 1.44. The van der Waals surface area contributed by atoms with Crippen molar-refractivity contribution in [2.75, 3.05) is 5.73 Å². The van der Waals surface area contributed by atoms with Crippen LogP contribution in [0.3, 0.4) is 0 Å².